The van der Waals surface area contributed by atoms with Gasteiger partial charge in [-0.2, -0.15) is 0 Å². The van der Waals surface area contributed by atoms with Gasteiger partial charge in [-0.15, -0.1) is 0 Å². The highest BCUT2D eigenvalue weighted by Gasteiger charge is 2.14. The molecule has 0 saturated carbocycles. The van der Waals surface area contributed by atoms with E-state index in [9.17, 15) is 4.79 Å². The lowest BCUT2D eigenvalue weighted by atomic mass is 10.2. The van der Waals surface area contributed by atoms with E-state index in [1.807, 2.05) is 0 Å². The SMILES string of the molecule is CC(=O)NOC1CCOCC1. The van der Waals surface area contributed by atoms with Gasteiger partial charge in [-0.25, -0.2) is 5.48 Å². The Morgan fingerprint density at radius 3 is 2.73 bits per heavy atom. The maximum Gasteiger partial charge on any atom is 0.240 e. The van der Waals surface area contributed by atoms with Gasteiger partial charge < -0.3 is 4.74 Å². The molecule has 0 bridgehead atoms. The van der Waals surface area contributed by atoms with E-state index in [1.165, 1.54) is 6.92 Å². The molecule has 0 aromatic rings. The molecular weight excluding hydrogens is 146 g/mol. The molecule has 1 heterocycles. The number of ether oxygens (including phenoxy) is 1. The van der Waals surface area contributed by atoms with Gasteiger partial charge in [0.2, 0.25) is 5.91 Å². The number of hydrogen-bond acceptors (Lipinski definition) is 3. The fourth-order valence-corrected chi connectivity index (χ4v) is 0.960. The fraction of sp³-hybridized carbons (Fsp3) is 0.857. The van der Waals surface area contributed by atoms with Crippen LogP contribution < -0.4 is 5.48 Å². The standard InChI is InChI=1S/C7H13NO3/c1-6(9)8-11-7-2-4-10-5-3-7/h7H,2-5H2,1H3,(H,8,9). The maximum absolute atomic E-state index is 10.4. The number of rotatable bonds is 2. The molecule has 4 nitrogen and oxygen atoms in total. The summed E-state index contributed by atoms with van der Waals surface area (Å²) in [5, 5.41) is 0. The molecule has 1 aliphatic heterocycles. The van der Waals surface area contributed by atoms with Crippen molar-refractivity contribution in [3.63, 3.8) is 0 Å². The van der Waals surface area contributed by atoms with E-state index in [4.69, 9.17) is 9.57 Å². The molecule has 1 saturated heterocycles. The van der Waals surface area contributed by atoms with Gasteiger partial charge in [0.1, 0.15) is 0 Å². The van der Waals surface area contributed by atoms with E-state index in [0.717, 1.165) is 26.1 Å². The second kappa shape index (κ2) is 4.31. The van der Waals surface area contributed by atoms with Gasteiger partial charge in [0.25, 0.3) is 0 Å². The summed E-state index contributed by atoms with van der Waals surface area (Å²) in [6, 6.07) is 0. The quantitative estimate of drug-likeness (QED) is 0.587. The molecule has 4 heteroatoms. The lowest BCUT2D eigenvalue weighted by Crippen LogP contribution is -2.31. The number of hydroxylamine groups is 1. The highest BCUT2D eigenvalue weighted by Crippen LogP contribution is 2.08. The molecule has 0 aliphatic carbocycles. The molecule has 1 aliphatic rings. The first kappa shape index (κ1) is 8.49. The van der Waals surface area contributed by atoms with Crippen molar-refractivity contribution in [3.8, 4) is 0 Å². The summed E-state index contributed by atoms with van der Waals surface area (Å²) in [5.74, 6) is -0.156. The molecule has 0 aromatic carbocycles. The summed E-state index contributed by atoms with van der Waals surface area (Å²) in [5.41, 5.74) is 2.32. The molecule has 0 atom stereocenters. The first-order valence-corrected chi connectivity index (χ1v) is 3.79. The van der Waals surface area contributed by atoms with Gasteiger partial charge in [-0.05, 0) is 12.8 Å². The lowest BCUT2D eigenvalue weighted by Gasteiger charge is -2.21. The Balaban J connectivity index is 2.09. The maximum atomic E-state index is 10.4. The van der Waals surface area contributed by atoms with Gasteiger partial charge in [-0.1, -0.05) is 0 Å². The number of amides is 1. The minimum absolute atomic E-state index is 0.132. The Kier molecular flexibility index (Phi) is 3.32. The van der Waals surface area contributed by atoms with Gasteiger partial charge in [0.05, 0.1) is 6.10 Å². The van der Waals surface area contributed by atoms with Crippen molar-refractivity contribution in [3.05, 3.63) is 0 Å². The zero-order valence-corrected chi connectivity index (χ0v) is 6.63. The topological polar surface area (TPSA) is 47.6 Å². The van der Waals surface area contributed by atoms with Crippen molar-refractivity contribution >= 4 is 5.91 Å². The molecule has 1 fully saturated rings. The summed E-state index contributed by atoms with van der Waals surface area (Å²) in [7, 11) is 0. The van der Waals surface area contributed by atoms with Crippen LogP contribution in [0.25, 0.3) is 0 Å². The molecule has 1 rings (SSSR count). The average molecular weight is 159 g/mol. The van der Waals surface area contributed by atoms with Gasteiger partial charge in [0.15, 0.2) is 0 Å². The van der Waals surface area contributed by atoms with Crippen LogP contribution in [-0.4, -0.2) is 25.2 Å². The molecule has 1 amide bonds. The zero-order valence-electron chi connectivity index (χ0n) is 6.63. The number of carbonyl (C=O) groups excluding carboxylic acids is 1. The van der Waals surface area contributed by atoms with Crippen LogP contribution in [-0.2, 0) is 14.4 Å². The van der Waals surface area contributed by atoms with Crippen LogP contribution in [0.2, 0.25) is 0 Å². The van der Waals surface area contributed by atoms with Crippen LogP contribution in [0, 0.1) is 0 Å². The number of hydrogen-bond donors (Lipinski definition) is 1. The summed E-state index contributed by atoms with van der Waals surface area (Å²) in [6.07, 6.45) is 1.85. The van der Waals surface area contributed by atoms with E-state index in [-0.39, 0.29) is 12.0 Å². The zero-order chi connectivity index (χ0) is 8.10. The molecule has 11 heavy (non-hydrogen) atoms. The van der Waals surface area contributed by atoms with Gasteiger partial charge in [0, 0.05) is 20.1 Å². The first-order valence-electron chi connectivity index (χ1n) is 3.79. The molecule has 1 N–H and O–H groups in total. The Morgan fingerprint density at radius 1 is 1.55 bits per heavy atom. The van der Waals surface area contributed by atoms with E-state index in [2.05, 4.69) is 5.48 Å². The van der Waals surface area contributed by atoms with Crippen molar-refractivity contribution in [2.45, 2.75) is 25.9 Å². The molecule has 0 radical (unpaired) electrons. The minimum atomic E-state index is -0.156. The Hall–Kier alpha value is -0.610. The van der Waals surface area contributed by atoms with Crippen LogP contribution >= 0.6 is 0 Å². The fourth-order valence-electron chi connectivity index (χ4n) is 0.960. The van der Waals surface area contributed by atoms with Crippen molar-refractivity contribution in [1.82, 2.24) is 5.48 Å². The Labute approximate surface area is 65.8 Å². The predicted octanol–water partition coefficient (Wildman–Crippen LogP) is 0.233. The van der Waals surface area contributed by atoms with Crippen molar-refractivity contribution in [2.75, 3.05) is 13.2 Å². The van der Waals surface area contributed by atoms with E-state index in [1.54, 1.807) is 0 Å². The van der Waals surface area contributed by atoms with E-state index in [0.29, 0.717) is 0 Å². The minimum Gasteiger partial charge on any atom is -0.381 e. The third-order valence-electron chi connectivity index (χ3n) is 1.54. The molecule has 0 unspecified atom stereocenters. The third-order valence-corrected chi connectivity index (χ3v) is 1.54. The second-order valence-electron chi connectivity index (χ2n) is 2.59. The predicted molar refractivity (Wildman–Crippen MR) is 38.7 cm³/mol. The smallest absolute Gasteiger partial charge is 0.240 e. The molecule has 64 valence electrons. The van der Waals surface area contributed by atoms with E-state index < -0.39 is 0 Å². The molecule has 0 aromatic heterocycles. The van der Waals surface area contributed by atoms with Crippen LogP contribution in [0.1, 0.15) is 19.8 Å². The Bertz CT molecular complexity index is 132. The van der Waals surface area contributed by atoms with Crippen molar-refractivity contribution in [1.29, 1.82) is 0 Å². The van der Waals surface area contributed by atoms with Crippen molar-refractivity contribution < 1.29 is 14.4 Å². The largest absolute Gasteiger partial charge is 0.381 e. The average Bonchev–Trinajstić information content (AvgIpc) is 2.03. The van der Waals surface area contributed by atoms with Crippen LogP contribution in [0.5, 0.6) is 0 Å². The van der Waals surface area contributed by atoms with Crippen LogP contribution in [0.3, 0.4) is 0 Å². The number of nitrogens with one attached hydrogen (secondary N) is 1. The Morgan fingerprint density at radius 2 is 2.18 bits per heavy atom. The van der Waals surface area contributed by atoms with Crippen LogP contribution in [0.15, 0.2) is 0 Å². The lowest BCUT2D eigenvalue weighted by molar-refractivity contribution is -0.141. The first-order chi connectivity index (χ1) is 5.29. The monoisotopic (exact) mass is 159 g/mol. The third kappa shape index (κ3) is 3.34. The summed E-state index contributed by atoms with van der Waals surface area (Å²) >= 11 is 0. The summed E-state index contributed by atoms with van der Waals surface area (Å²) in [6.45, 7) is 2.88. The summed E-state index contributed by atoms with van der Waals surface area (Å²) in [4.78, 5) is 15.5. The van der Waals surface area contributed by atoms with E-state index >= 15 is 0 Å². The molecule has 0 spiro atoms. The summed E-state index contributed by atoms with van der Waals surface area (Å²) < 4.78 is 5.11. The highest BCUT2D eigenvalue weighted by molar-refractivity contribution is 5.71. The van der Waals surface area contributed by atoms with Gasteiger partial charge in [-0.3, -0.25) is 9.63 Å². The van der Waals surface area contributed by atoms with Crippen LogP contribution in [0.4, 0.5) is 0 Å². The number of carbonyl (C=O) groups is 1. The second-order valence-corrected chi connectivity index (χ2v) is 2.59. The highest BCUT2D eigenvalue weighted by atomic mass is 16.7. The van der Waals surface area contributed by atoms with Crippen molar-refractivity contribution in [2.24, 2.45) is 0 Å². The molecular formula is C7H13NO3. The normalized spacial score (nSPS) is 19.7. The van der Waals surface area contributed by atoms with Gasteiger partial charge >= 0.3 is 0 Å².